The third-order valence-corrected chi connectivity index (χ3v) is 7.04. The van der Waals surface area contributed by atoms with Crippen LogP contribution in [0, 0.1) is 5.92 Å². The van der Waals surface area contributed by atoms with Gasteiger partial charge in [-0.05, 0) is 18.8 Å². The second-order valence-electron chi connectivity index (χ2n) is 4.92. The fraction of sp³-hybridized carbons (Fsp3) is 1.00. The summed E-state index contributed by atoms with van der Waals surface area (Å²) in [5.41, 5.74) is 0. The Hall–Kier alpha value is 0.0969. The Kier molecular flexibility index (Phi) is 5.96. The first-order valence-corrected chi connectivity index (χ1v) is 8.57. The quantitative estimate of drug-likeness (QED) is 0.730. The Bertz CT molecular complexity index is 197. The maximum absolute atomic E-state index is 5.68. The van der Waals surface area contributed by atoms with E-state index in [1.54, 1.807) is 14.2 Å². The van der Waals surface area contributed by atoms with E-state index < -0.39 is 8.72 Å². The van der Waals surface area contributed by atoms with Gasteiger partial charge in [0.1, 0.15) is 0 Å². The predicted molar refractivity (Wildman–Crippen MR) is 69.4 cm³/mol. The molecule has 0 aromatic rings. The number of nitrogens with one attached hydrogen (secondary N) is 1. The molecule has 96 valence electrons. The lowest BCUT2D eigenvalue weighted by molar-refractivity contribution is 0.199. The minimum absolute atomic E-state index is 0.590. The Morgan fingerprint density at radius 2 is 1.81 bits per heavy atom. The Morgan fingerprint density at radius 1 is 1.19 bits per heavy atom. The molecule has 0 aromatic heterocycles. The van der Waals surface area contributed by atoms with Gasteiger partial charge in [0.15, 0.2) is 0 Å². The van der Waals surface area contributed by atoms with Gasteiger partial charge >= 0.3 is 8.72 Å². The second kappa shape index (κ2) is 6.74. The van der Waals surface area contributed by atoms with Crippen LogP contribution in [0.5, 0.6) is 0 Å². The standard InChI is InChI=1S/C12H27NO2Si/c1-5-10-16(14-3,15-4)13-12-9-7-6-8-11(12)2/h11-13H,5-10H2,1-4H3. The highest BCUT2D eigenvalue weighted by Gasteiger charge is 2.39. The Balaban J connectivity index is 2.58. The average Bonchev–Trinajstić information content (AvgIpc) is 2.31. The molecule has 0 radical (unpaired) electrons. The molecule has 1 N–H and O–H groups in total. The molecule has 4 heteroatoms. The molecule has 0 heterocycles. The zero-order chi connectivity index (χ0) is 12.0. The summed E-state index contributed by atoms with van der Waals surface area (Å²) in [6, 6.07) is 1.62. The number of hydrogen-bond acceptors (Lipinski definition) is 3. The first-order chi connectivity index (χ1) is 7.67. The van der Waals surface area contributed by atoms with Crippen molar-refractivity contribution in [3.8, 4) is 0 Å². The summed E-state index contributed by atoms with van der Waals surface area (Å²) in [6.07, 6.45) is 6.43. The lowest BCUT2D eigenvalue weighted by atomic mass is 9.87. The molecule has 3 nitrogen and oxygen atoms in total. The monoisotopic (exact) mass is 245 g/mol. The van der Waals surface area contributed by atoms with E-state index in [1.165, 1.54) is 25.7 Å². The number of hydrogen-bond donors (Lipinski definition) is 1. The normalized spacial score (nSPS) is 27.0. The summed E-state index contributed by atoms with van der Waals surface area (Å²) in [5, 5.41) is 0. The van der Waals surface area contributed by atoms with Gasteiger partial charge in [-0.15, -0.1) is 0 Å². The van der Waals surface area contributed by atoms with Crippen LogP contribution in [0.2, 0.25) is 6.04 Å². The van der Waals surface area contributed by atoms with Crippen LogP contribution in [-0.4, -0.2) is 29.0 Å². The van der Waals surface area contributed by atoms with Crippen molar-refractivity contribution in [2.45, 2.75) is 58.0 Å². The van der Waals surface area contributed by atoms with Crippen LogP contribution in [0.25, 0.3) is 0 Å². The highest BCUT2D eigenvalue weighted by molar-refractivity contribution is 6.64. The summed E-state index contributed by atoms with van der Waals surface area (Å²) < 4.78 is 11.4. The van der Waals surface area contributed by atoms with E-state index in [1.807, 2.05) is 0 Å². The van der Waals surface area contributed by atoms with Gasteiger partial charge in [0, 0.05) is 26.3 Å². The van der Waals surface area contributed by atoms with Gasteiger partial charge < -0.3 is 8.85 Å². The summed E-state index contributed by atoms with van der Waals surface area (Å²) in [5.74, 6) is 0.753. The van der Waals surface area contributed by atoms with Crippen LogP contribution in [0.4, 0.5) is 0 Å². The molecule has 0 aromatic carbocycles. The van der Waals surface area contributed by atoms with E-state index in [0.717, 1.165) is 18.4 Å². The van der Waals surface area contributed by atoms with Gasteiger partial charge in [-0.2, -0.15) is 0 Å². The summed E-state index contributed by atoms with van der Waals surface area (Å²) in [6.45, 7) is 4.53. The van der Waals surface area contributed by atoms with Gasteiger partial charge in [-0.25, -0.2) is 0 Å². The minimum Gasteiger partial charge on any atom is -0.386 e. The maximum Gasteiger partial charge on any atom is 0.424 e. The minimum atomic E-state index is -2.12. The highest BCUT2D eigenvalue weighted by atomic mass is 28.4. The molecule has 0 spiro atoms. The zero-order valence-corrected chi connectivity index (χ0v) is 12.2. The number of rotatable bonds is 6. The third-order valence-electron chi connectivity index (χ3n) is 3.76. The molecule has 0 saturated heterocycles. The molecule has 1 fully saturated rings. The van der Waals surface area contributed by atoms with Crippen molar-refractivity contribution >= 4 is 8.72 Å². The van der Waals surface area contributed by atoms with Crippen molar-refractivity contribution in [3.63, 3.8) is 0 Å². The fourth-order valence-corrected chi connectivity index (χ4v) is 5.23. The molecule has 1 saturated carbocycles. The van der Waals surface area contributed by atoms with Gasteiger partial charge in [0.2, 0.25) is 0 Å². The molecule has 2 atom stereocenters. The Labute approximate surface area is 101 Å². The van der Waals surface area contributed by atoms with E-state index >= 15 is 0 Å². The van der Waals surface area contributed by atoms with Gasteiger partial charge in [0.25, 0.3) is 0 Å². The Morgan fingerprint density at radius 3 is 2.31 bits per heavy atom. The molecular formula is C12H27NO2Si. The zero-order valence-electron chi connectivity index (χ0n) is 11.2. The van der Waals surface area contributed by atoms with Gasteiger partial charge in [0.05, 0.1) is 0 Å². The van der Waals surface area contributed by atoms with Crippen molar-refractivity contribution < 1.29 is 8.85 Å². The van der Waals surface area contributed by atoms with Crippen molar-refractivity contribution in [1.82, 2.24) is 4.98 Å². The van der Waals surface area contributed by atoms with E-state index in [4.69, 9.17) is 8.85 Å². The van der Waals surface area contributed by atoms with Crippen LogP contribution in [0.1, 0.15) is 46.0 Å². The summed E-state index contributed by atoms with van der Waals surface area (Å²) >= 11 is 0. The largest absolute Gasteiger partial charge is 0.424 e. The van der Waals surface area contributed by atoms with Crippen molar-refractivity contribution in [3.05, 3.63) is 0 Å². The molecule has 0 bridgehead atoms. The molecule has 1 aliphatic rings. The van der Waals surface area contributed by atoms with E-state index in [0.29, 0.717) is 6.04 Å². The van der Waals surface area contributed by atoms with Crippen LogP contribution in [-0.2, 0) is 8.85 Å². The molecule has 1 aliphatic carbocycles. The van der Waals surface area contributed by atoms with Gasteiger partial charge in [-0.3, -0.25) is 4.98 Å². The maximum atomic E-state index is 5.68. The molecule has 16 heavy (non-hydrogen) atoms. The first-order valence-electron chi connectivity index (χ1n) is 6.55. The SMILES string of the molecule is CCC[Si](NC1CCCCC1C)(OC)OC. The van der Waals surface area contributed by atoms with E-state index in [-0.39, 0.29) is 0 Å². The van der Waals surface area contributed by atoms with Crippen LogP contribution >= 0.6 is 0 Å². The molecule has 2 unspecified atom stereocenters. The van der Waals surface area contributed by atoms with Crippen molar-refractivity contribution in [2.75, 3.05) is 14.2 Å². The van der Waals surface area contributed by atoms with Crippen LogP contribution in [0.15, 0.2) is 0 Å². The summed E-state index contributed by atoms with van der Waals surface area (Å²) in [7, 11) is 1.44. The molecule has 0 amide bonds. The first kappa shape index (κ1) is 14.2. The van der Waals surface area contributed by atoms with Crippen LogP contribution < -0.4 is 4.98 Å². The lowest BCUT2D eigenvalue weighted by Gasteiger charge is -2.37. The second-order valence-corrected chi connectivity index (χ2v) is 8.03. The molecule has 0 aliphatic heterocycles. The van der Waals surface area contributed by atoms with E-state index in [9.17, 15) is 0 Å². The highest BCUT2D eigenvalue weighted by Crippen LogP contribution is 2.26. The average molecular weight is 245 g/mol. The van der Waals surface area contributed by atoms with Crippen LogP contribution in [0.3, 0.4) is 0 Å². The van der Waals surface area contributed by atoms with Crippen molar-refractivity contribution in [1.29, 1.82) is 0 Å². The third kappa shape index (κ3) is 3.55. The van der Waals surface area contributed by atoms with E-state index in [2.05, 4.69) is 18.8 Å². The van der Waals surface area contributed by atoms with Crippen molar-refractivity contribution in [2.24, 2.45) is 5.92 Å². The molecular weight excluding hydrogens is 218 g/mol. The predicted octanol–water partition coefficient (Wildman–Crippen LogP) is 2.80. The topological polar surface area (TPSA) is 30.5 Å². The smallest absolute Gasteiger partial charge is 0.386 e. The lowest BCUT2D eigenvalue weighted by Crippen LogP contribution is -2.60. The van der Waals surface area contributed by atoms with Gasteiger partial charge in [-0.1, -0.05) is 33.1 Å². The molecule has 1 rings (SSSR count). The fourth-order valence-electron chi connectivity index (χ4n) is 2.62. The summed E-state index contributed by atoms with van der Waals surface area (Å²) in [4.78, 5) is 3.71.